The molecule has 1 N–H and O–H groups in total. The highest BCUT2D eigenvalue weighted by Crippen LogP contribution is 2.34. The van der Waals surface area contributed by atoms with Crippen molar-refractivity contribution in [3.8, 4) is 0 Å². The second-order valence-electron chi connectivity index (χ2n) is 4.24. The highest BCUT2D eigenvalue weighted by molar-refractivity contribution is 6.37. The quantitative estimate of drug-likeness (QED) is 0.339. The maximum atomic E-state index is 11.6. The van der Waals surface area contributed by atoms with E-state index in [4.69, 9.17) is 10.3 Å². The molecule has 0 heterocycles. The number of nitrogens with zero attached hydrogens (tertiary/aromatic N) is 2. The van der Waals surface area contributed by atoms with Gasteiger partial charge in [0.1, 0.15) is 0 Å². The molecule has 0 amide bonds. The number of ether oxygens (including phenoxy) is 1. The van der Waals surface area contributed by atoms with E-state index in [9.17, 15) is 9.90 Å². The molecule has 1 aliphatic carbocycles. The number of hydrogen-bond donors (Lipinski definition) is 1. The monoisotopic (exact) mass is 226 g/mol. The molecule has 16 heavy (non-hydrogen) atoms. The van der Waals surface area contributed by atoms with Crippen molar-refractivity contribution < 1.29 is 19.4 Å². The molecule has 0 radical (unpaired) electrons. The first kappa shape index (κ1) is 12.9. The number of aliphatic hydroxyl groups is 1. The predicted molar refractivity (Wildman–Crippen MR) is 57.8 cm³/mol. The highest BCUT2D eigenvalue weighted by Gasteiger charge is 2.51. The molecule has 1 aliphatic rings. The van der Waals surface area contributed by atoms with Gasteiger partial charge in [-0.1, -0.05) is 13.3 Å². The van der Waals surface area contributed by atoms with Crippen LogP contribution < -0.4 is 0 Å². The van der Waals surface area contributed by atoms with E-state index in [1.807, 2.05) is 6.92 Å². The average Bonchev–Trinajstić information content (AvgIpc) is 2.24. The molecule has 2 atom stereocenters. The summed E-state index contributed by atoms with van der Waals surface area (Å²) < 4.78 is 4.77. The molecule has 0 aliphatic heterocycles. The van der Waals surface area contributed by atoms with Gasteiger partial charge < -0.3 is 15.4 Å². The summed E-state index contributed by atoms with van der Waals surface area (Å²) in [6.07, 6.45) is 3.09. The standard InChI is InChI=1S/C11H18N2O3/c1-3-16-10(14)9(13-12)11(15)7-5-4-6-8(11)2/h8,15H,3-7H2,1-2H3/t8-,11+/m0/s1. The summed E-state index contributed by atoms with van der Waals surface area (Å²) in [6.45, 7) is 3.72. The van der Waals surface area contributed by atoms with Gasteiger partial charge in [0.05, 0.1) is 6.61 Å². The van der Waals surface area contributed by atoms with Gasteiger partial charge in [0.25, 0.3) is 0 Å². The Kier molecular flexibility index (Phi) is 4.21. The molecule has 0 bridgehead atoms. The van der Waals surface area contributed by atoms with Gasteiger partial charge in [0.15, 0.2) is 5.60 Å². The zero-order valence-corrected chi connectivity index (χ0v) is 9.77. The van der Waals surface area contributed by atoms with Crippen molar-refractivity contribution >= 4 is 11.7 Å². The molecule has 90 valence electrons. The molecule has 0 saturated heterocycles. The van der Waals surface area contributed by atoms with Crippen LogP contribution in [0.15, 0.2) is 0 Å². The molecule has 0 aromatic carbocycles. The van der Waals surface area contributed by atoms with Gasteiger partial charge in [-0.05, 0) is 32.1 Å². The molecule has 5 heteroatoms. The van der Waals surface area contributed by atoms with Crippen molar-refractivity contribution in [1.29, 1.82) is 0 Å². The average molecular weight is 226 g/mol. The van der Waals surface area contributed by atoms with E-state index in [2.05, 4.69) is 4.79 Å². The van der Waals surface area contributed by atoms with Crippen LogP contribution in [-0.4, -0.2) is 33.8 Å². The summed E-state index contributed by atoms with van der Waals surface area (Å²) in [6, 6.07) is 0. The lowest BCUT2D eigenvalue weighted by Gasteiger charge is -2.33. The third kappa shape index (κ3) is 2.31. The maximum absolute atomic E-state index is 11.6. The molecule has 0 aromatic rings. The number of rotatable bonds is 3. The molecular weight excluding hydrogens is 208 g/mol. The van der Waals surface area contributed by atoms with E-state index in [1.54, 1.807) is 6.92 Å². The topological polar surface area (TPSA) is 82.9 Å². The van der Waals surface area contributed by atoms with Gasteiger partial charge in [0, 0.05) is 0 Å². The summed E-state index contributed by atoms with van der Waals surface area (Å²) in [5.41, 5.74) is 7.28. The SMILES string of the molecule is CCOC(=O)C(=[N+]=[N-])[C@@]1(O)CCCC[C@@H]1C. The van der Waals surface area contributed by atoms with Crippen LogP contribution >= 0.6 is 0 Å². The Balaban J connectivity index is 2.94. The van der Waals surface area contributed by atoms with Gasteiger partial charge in [-0.25, -0.2) is 4.79 Å². The van der Waals surface area contributed by atoms with Gasteiger partial charge in [0.2, 0.25) is 0 Å². The van der Waals surface area contributed by atoms with Crippen LogP contribution in [0.5, 0.6) is 0 Å². The minimum Gasteiger partial charge on any atom is -0.457 e. The highest BCUT2D eigenvalue weighted by atomic mass is 16.5. The predicted octanol–water partition coefficient (Wildman–Crippen LogP) is 1.16. The Morgan fingerprint density at radius 1 is 1.62 bits per heavy atom. The number of hydrogen-bond acceptors (Lipinski definition) is 3. The number of carbonyl (C=O) groups is 1. The molecule has 0 spiro atoms. The summed E-state index contributed by atoms with van der Waals surface area (Å²) in [5.74, 6) is -0.835. The second kappa shape index (κ2) is 5.23. The van der Waals surface area contributed by atoms with Crippen molar-refractivity contribution in [2.75, 3.05) is 6.61 Å². The minimum absolute atomic E-state index is 0.100. The van der Waals surface area contributed by atoms with Gasteiger partial charge >= 0.3 is 11.7 Å². The Morgan fingerprint density at radius 3 is 2.81 bits per heavy atom. The third-order valence-corrected chi connectivity index (χ3v) is 3.24. The van der Waals surface area contributed by atoms with E-state index in [0.29, 0.717) is 6.42 Å². The van der Waals surface area contributed by atoms with Crippen LogP contribution in [0.4, 0.5) is 0 Å². The van der Waals surface area contributed by atoms with E-state index < -0.39 is 11.6 Å². The molecule has 1 fully saturated rings. The summed E-state index contributed by atoms with van der Waals surface area (Å²) in [5, 5.41) is 10.4. The molecular formula is C11H18N2O3. The Hall–Kier alpha value is -1.19. The third-order valence-electron chi connectivity index (χ3n) is 3.24. The Bertz CT molecular complexity index is 323. The van der Waals surface area contributed by atoms with Crippen LogP contribution in [0, 0.1) is 5.92 Å². The van der Waals surface area contributed by atoms with Crippen molar-refractivity contribution in [3.05, 3.63) is 5.53 Å². The molecule has 1 saturated carbocycles. The zero-order valence-electron chi connectivity index (χ0n) is 9.77. The lowest BCUT2D eigenvalue weighted by Crippen LogP contribution is -2.51. The number of carbonyl (C=O) groups excluding carboxylic acids is 1. The van der Waals surface area contributed by atoms with Gasteiger partial charge in [-0.15, -0.1) is 0 Å². The molecule has 0 unspecified atom stereocenters. The largest absolute Gasteiger partial charge is 0.457 e. The second-order valence-corrected chi connectivity index (χ2v) is 4.24. The fourth-order valence-electron chi connectivity index (χ4n) is 2.19. The van der Waals surface area contributed by atoms with Crippen molar-refractivity contribution in [2.24, 2.45) is 5.92 Å². The van der Waals surface area contributed by atoms with Crippen molar-refractivity contribution in [3.63, 3.8) is 0 Å². The number of esters is 1. The molecule has 1 rings (SSSR count). The van der Waals surface area contributed by atoms with E-state index >= 15 is 0 Å². The van der Waals surface area contributed by atoms with Crippen LogP contribution in [-0.2, 0) is 9.53 Å². The summed E-state index contributed by atoms with van der Waals surface area (Å²) in [4.78, 5) is 14.5. The Morgan fingerprint density at radius 2 is 2.31 bits per heavy atom. The lowest BCUT2D eigenvalue weighted by atomic mass is 9.73. The van der Waals surface area contributed by atoms with Crippen LogP contribution in [0.25, 0.3) is 5.53 Å². The zero-order chi connectivity index (χ0) is 12.2. The first-order chi connectivity index (χ1) is 7.56. The maximum Gasteiger partial charge on any atom is 0.420 e. The van der Waals surface area contributed by atoms with E-state index in [0.717, 1.165) is 19.3 Å². The fourth-order valence-corrected chi connectivity index (χ4v) is 2.19. The smallest absolute Gasteiger partial charge is 0.420 e. The first-order valence-corrected chi connectivity index (χ1v) is 5.68. The fraction of sp³-hybridized carbons (Fsp3) is 0.818. The van der Waals surface area contributed by atoms with Crippen molar-refractivity contribution in [2.45, 2.75) is 45.1 Å². The normalized spacial score (nSPS) is 29.3. The van der Waals surface area contributed by atoms with Crippen LogP contribution in [0.2, 0.25) is 0 Å². The minimum atomic E-state index is -1.35. The summed E-state index contributed by atoms with van der Waals surface area (Å²) in [7, 11) is 0. The molecule has 0 aromatic heterocycles. The van der Waals surface area contributed by atoms with Crippen LogP contribution in [0.1, 0.15) is 39.5 Å². The Labute approximate surface area is 95.0 Å². The van der Waals surface area contributed by atoms with E-state index in [1.165, 1.54) is 0 Å². The van der Waals surface area contributed by atoms with Gasteiger partial charge in [-0.3, -0.25) is 0 Å². The molecule has 5 nitrogen and oxygen atoms in total. The summed E-state index contributed by atoms with van der Waals surface area (Å²) >= 11 is 0. The first-order valence-electron chi connectivity index (χ1n) is 5.68. The van der Waals surface area contributed by atoms with Crippen molar-refractivity contribution in [1.82, 2.24) is 0 Å². The van der Waals surface area contributed by atoms with Gasteiger partial charge in [-0.2, -0.15) is 4.79 Å². The van der Waals surface area contributed by atoms with Crippen LogP contribution in [0.3, 0.4) is 0 Å². The van der Waals surface area contributed by atoms with E-state index in [-0.39, 0.29) is 18.2 Å². The lowest BCUT2D eigenvalue weighted by molar-refractivity contribution is -0.145.